The molecule has 0 saturated heterocycles. The number of amides is 1. The van der Waals surface area contributed by atoms with E-state index in [1.165, 1.54) is 17.8 Å². The first kappa shape index (κ1) is 16.2. The number of anilines is 1. The van der Waals surface area contributed by atoms with Crippen LogP contribution in [0.4, 0.5) is 10.1 Å². The van der Waals surface area contributed by atoms with E-state index >= 15 is 0 Å². The summed E-state index contributed by atoms with van der Waals surface area (Å²) < 4.78 is 13.5. The highest BCUT2D eigenvalue weighted by Crippen LogP contribution is 2.19. The SMILES string of the molecule is Cc1ccc(NC(=O)CSc2n[nH]c(-c3ccccc3)n2)cc1F. The predicted octanol–water partition coefficient (Wildman–Crippen LogP) is 3.65. The van der Waals surface area contributed by atoms with Crippen molar-refractivity contribution >= 4 is 23.4 Å². The molecule has 24 heavy (non-hydrogen) atoms. The summed E-state index contributed by atoms with van der Waals surface area (Å²) in [6, 6.07) is 14.2. The molecule has 0 saturated carbocycles. The molecule has 1 heterocycles. The van der Waals surface area contributed by atoms with Crippen LogP contribution < -0.4 is 5.32 Å². The number of carbonyl (C=O) groups is 1. The number of aromatic amines is 1. The van der Waals surface area contributed by atoms with Crippen LogP contribution >= 0.6 is 11.8 Å². The van der Waals surface area contributed by atoms with Gasteiger partial charge in [-0.05, 0) is 24.6 Å². The Hall–Kier alpha value is -2.67. The summed E-state index contributed by atoms with van der Waals surface area (Å²) >= 11 is 1.21. The van der Waals surface area contributed by atoms with Gasteiger partial charge in [0.1, 0.15) is 5.82 Å². The molecule has 3 aromatic rings. The number of hydrogen-bond donors (Lipinski definition) is 2. The number of benzene rings is 2. The molecule has 1 aromatic heterocycles. The lowest BCUT2D eigenvalue weighted by Crippen LogP contribution is -2.14. The summed E-state index contributed by atoms with van der Waals surface area (Å²) in [5.41, 5.74) is 1.90. The van der Waals surface area contributed by atoms with Crippen molar-refractivity contribution in [2.45, 2.75) is 12.1 Å². The van der Waals surface area contributed by atoms with Crippen molar-refractivity contribution in [1.29, 1.82) is 0 Å². The van der Waals surface area contributed by atoms with Crippen LogP contribution in [0.5, 0.6) is 0 Å². The Kier molecular flexibility index (Phi) is 4.90. The third-order valence-corrected chi connectivity index (χ3v) is 4.15. The molecule has 3 rings (SSSR count). The van der Waals surface area contributed by atoms with Crippen molar-refractivity contribution in [2.24, 2.45) is 0 Å². The van der Waals surface area contributed by atoms with E-state index in [9.17, 15) is 9.18 Å². The molecule has 122 valence electrons. The van der Waals surface area contributed by atoms with Crippen LogP contribution in [0.1, 0.15) is 5.56 Å². The Balaban J connectivity index is 1.56. The third-order valence-electron chi connectivity index (χ3n) is 3.30. The van der Waals surface area contributed by atoms with Crippen LogP contribution in [0.2, 0.25) is 0 Å². The number of halogens is 1. The maximum Gasteiger partial charge on any atom is 0.234 e. The van der Waals surface area contributed by atoms with E-state index < -0.39 is 0 Å². The molecular weight excluding hydrogens is 327 g/mol. The molecule has 0 unspecified atom stereocenters. The number of aryl methyl sites for hydroxylation is 1. The molecule has 0 radical (unpaired) electrons. The molecule has 0 aliphatic heterocycles. The maximum absolute atomic E-state index is 13.5. The van der Waals surface area contributed by atoms with Crippen LogP contribution in [-0.2, 0) is 4.79 Å². The Morgan fingerprint density at radius 3 is 2.79 bits per heavy atom. The highest BCUT2D eigenvalue weighted by Gasteiger charge is 2.09. The summed E-state index contributed by atoms with van der Waals surface area (Å²) in [5.74, 6) is 0.206. The van der Waals surface area contributed by atoms with Crippen molar-refractivity contribution in [1.82, 2.24) is 15.2 Å². The van der Waals surface area contributed by atoms with Gasteiger partial charge >= 0.3 is 0 Å². The Morgan fingerprint density at radius 2 is 2.04 bits per heavy atom. The van der Waals surface area contributed by atoms with E-state index in [0.717, 1.165) is 5.56 Å². The third kappa shape index (κ3) is 3.99. The van der Waals surface area contributed by atoms with Gasteiger partial charge in [0.2, 0.25) is 11.1 Å². The summed E-state index contributed by atoms with van der Waals surface area (Å²) in [4.78, 5) is 16.3. The first-order chi connectivity index (χ1) is 11.6. The summed E-state index contributed by atoms with van der Waals surface area (Å²) in [6.45, 7) is 1.67. The van der Waals surface area contributed by atoms with Gasteiger partial charge in [-0.2, -0.15) is 0 Å². The minimum absolute atomic E-state index is 0.140. The van der Waals surface area contributed by atoms with Gasteiger partial charge in [-0.1, -0.05) is 48.2 Å². The van der Waals surface area contributed by atoms with Crippen molar-refractivity contribution in [3.63, 3.8) is 0 Å². The number of carbonyl (C=O) groups excluding carboxylic acids is 1. The fraction of sp³-hybridized carbons (Fsp3) is 0.118. The average Bonchev–Trinajstić information content (AvgIpc) is 3.06. The van der Waals surface area contributed by atoms with E-state index in [4.69, 9.17) is 0 Å². The molecule has 0 bridgehead atoms. The first-order valence-electron chi connectivity index (χ1n) is 7.28. The molecule has 5 nitrogen and oxygen atoms in total. The minimum atomic E-state index is -0.345. The van der Waals surface area contributed by atoms with Crippen molar-refractivity contribution in [3.8, 4) is 11.4 Å². The number of rotatable bonds is 5. The fourth-order valence-corrected chi connectivity index (χ4v) is 2.63. The van der Waals surface area contributed by atoms with Crippen molar-refractivity contribution < 1.29 is 9.18 Å². The maximum atomic E-state index is 13.5. The van der Waals surface area contributed by atoms with E-state index in [-0.39, 0.29) is 17.5 Å². The largest absolute Gasteiger partial charge is 0.325 e. The predicted molar refractivity (Wildman–Crippen MR) is 92.3 cm³/mol. The van der Waals surface area contributed by atoms with Crippen LogP contribution in [-0.4, -0.2) is 26.8 Å². The molecule has 0 spiro atoms. The van der Waals surface area contributed by atoms with Crippen LogP contribution in [0.25, 0.3) is 11.4 Å². The fourth-order valence-electron chi connectivity index (χ4n) is 2.03. The van der Waals surface area contributed by atoms with Crippen LogP contribution in [0.3, 0.4) is 0 Å². The van der Waals surface area contributed by atoms with E-state index in [1.54, 1.807) is 19.1 Å². The zero-order valence-electron chi connectivity index (χ0n) is 12.9. The zero-order chi connectivity index (χ0) is 16.9. The molecule has 2 aromatic carbocycles. The molecule has 2 N–H and O–H groups in total. The first-order valence-corrected chi connectivity index (χ1v) is 8.27. The molecule has 0 atom stereocenters. The van der Waals surface area contributed by atoms with Gasteiger partial charge in [0.25, 0.3) is 0 Å². The quantitative estimate of drug-likeness (QED) is 0.694. The second kappa shape index (κ2) is 7.27. The lowest BCUT2D eigenvalue weighted by Gasteiger charge is -2.05. The van der Waals surface area contributed by atoms with Crippen molar-refractivity contribution in [3.05, 3.63) is 59.9 Å². The lowest BCUT2D eigenvalue weighted by atomic mass is 10.2. The molecule has 0 aliphatic carbocycles. The highest BCUT2D eigenvalue weighted by atomic mass is 32.2. The summed E-state index contributed by atoms with van der Waals surface area (Å²) in [6.07, 6.45) is 0. The van der Waals surface area contributed by atoms with Gasteiger partial charge in [-0.3, -0.25) is 9.89 Å². The number of H-pyrrole nitrogens is 1. The topological polar surface area (TPSA) is 70.7 Å². The van der Waals surface area contributed by atoms with Gasteiger partial charge in [0.15, 0.2) is 5.82 Å². The molecular formula is C17H15FN4OS. The smallest absolute Gasteiger partial charge is 0.234 e. The van der Waals surface area contributed by atoms with Crippen molar-refractivity contribution in [2.75, 3.05) is 11.1 Å². The molecule has 1 amide bonds. The molecule has 0 aliphatic rings. The van der Waals surface area contributed by atoms with Gasteiger partial charge in [-0.15, -0.1) is 5.10 Å². The Bertz CT molecular complexity index is 851. The number of aromatic nitrogens is 3. The number of thioether (sulfide) groups is 1. The van der Waals surface area contributed by atoms with Gasteiger partial charge in [0.05, 0.1) is 5.75 Å². The Morgan fingerprint density at radius 1 is 1.25 bits per heavy atom. The molecule has 0 fully saturated rings. The second-order valence-corrected chi connectivity index (χ2v) is 6.08. The molecule has 7 heteroatoms. The summed E-state index contributed by atoms with van der Waals surface area (Å²) in [5, 5.41) is 10.1. The average molecular weight is 342 g/mol. The Labute approximate surface area is 142 Å². The monoisotopic (exact) mass is 342 g/mol. The van der Waals surface area contributed by atoms with E-state index in [2.05, 4.69) is 20.5 Å². The highest BCUT2D eigenvalue weighted by molar-refractivity contribution is 7.99. The number of hydrogen-bond acceptors (Lipinski definition) is 4. The van der Waals surface area contributed by atoms with Crippen LogP contribution in [0.15, 0.2) is 53.7 Å². The van der Waals surface area contributed by atoms with Crippen LogP contribution in [0, 0.1) is 12.7 Å². The zero-order valence-corrected chi connectivity index (χ0v) is 13.7. The lowest BCUT2D eigenvalue weighted by molar-refractivity contribution is -0.113. The minimum Gasteiger partial charge on any atom is -0.325 e. The number of nitrogens with one attached hydrogen (secondary N) is 2. The van der Waals surface area contributed by atoms with Gasteiger partial charge in [-0.25, -0.2) is 9.37 Å². The second-order valence-electron chi connectivity index (χ2n) is 5.13. The summed E-state index contributed by atoms with van der Waals surface area (Å²) in [7, 11) is 0. The van der Waals surface area contributed by atoms with E-state index in [0.29, 0.717) is 22.2 Å². The standard InChI is InChI=1S/C17H15FN4OS/c1-11-7-8-13(9-14(11)18)19-15(23)10-24-17-20-16(21-22-17)12-5-3-2-4-6-12/h2-9H,10H2,1H3,(H,19,23)(H,20,21,22). The van der Waals surface area contributed by atoms with Gasteiger partial charge < -0.3 is 5.32 Å². The number of nitrogens with zero attached hydrogens (tertiary/aromatic N) is 2. The van der Waals surface area contributed by atoms with Gasteiger partial charge in [0, 0.05) is 11.3 Å². The van der Waals surface area contributed by atoms with E-state index in [1.807, 2.05) is 30.3 Å². The normalized spacial score (nSPS) is 10.6.